The smallest absolute Gasteiger partial charge is 0.255 e. The molecule has 4 nitrogen and oxygen atoms in total. The molecular formula is C17H15ClN2O2. The fourth-order valence-electron chi connectivity index (χ4n) is 2.70. The zero-order chi connectivity index (χ0) is 15.9. The highest BCUT2D eigenvalue weighted by molar-refractivity contribution is 6.30. The number of pyridine rings is 1. The lowest BCUT2D eigenvalue weighted by molar-refractivity contribution is 0.393. The molecule has 22 heavy (non-hydrogen) atoms. The van der Waals surface area contributed by atoms with E-state index in [2.05, 4.69) is 5.16 Å². The summed E-state index contributed by atoms with van der Waals surface area (Å²) >= 11 is 6.05. The van der Waals surface area contributed by atoms with Gasteiger partial charge in [0, 0.05) is 27.9 Å². The van der Waals surface area contributed by atoms with E-state index in [1.807, 2.05) is 39.0 Å². The maximum absolute atomic E-state index is 12.3. The Morgan fingerprint density at radius 3 is 2.55 bits per heavy atom. The topological polar surface area (TPSA) is 48.0 Å². The van der Waals surface area contributed by atoms with E-state index in [9.17, 15) is 4.79 Å². The predicted molar refractivity (Wildman–Crippen MR) is 86.8 cm³/mol. The second-order valence-corrected chi connectivity index (χ2v) is 5.62. The number of rotatable bonds is 2. The average molecular weight is 315 g/mol. The molecule has 0 aliphatic rings. The van der Waals surface area contributed by atoms with E-state index in [4.69, 9.17) is 16.1 Å². The van der Waals surface area contributed by atoms with Crippen molar-refractivity contribution in [2.24, 2.45) is 0 Å². The molecule has 0 radical (unpaired) electrons. The zero-order valence-corrected chi connectivity index (χ0v) is 13.3. The van der Waals surface area contributed by atoms with E-state index < -0.39 is 0 Å². The molecule has 3 rings (SSSR count). The van der Waals surface area contributed by atoms with Gasteiger partial charge in [0.15, 0.2) is 0 Å². The van der Waals surface area contributed by atoms with E-state index in [1.165, 1.54) is 0 Å². The molecule has 1 aromatic carbocycles. The van der Waals surface area contributed by atoms with Gasteiger partial charge in [-0.1, -0.05) is 22.8 Å². The molecule has 0 unspecified atom stereocenters. The molecule has 0 aliphatic heterocycles. The van der Waals surface area contributed by atoms with Crippen molar-refractivity contribution >= 4 is 11.6 Å². The highest BCUT2D eigenvalue weighted by Gasteiger charge is 2.16. The molecule has 0 saturated heterocycles. The Bertz CT molecular complexity index is 890. The van der Waals surface area contributed by atoms with Gasteiger partial charge < -0.3 is 4.52 Å². The van der Waals surface area contributed by atoms with Crippen LogP contribution in [-0.4, -0.2) is 9.72 Å². The average Bonchev–Trinajstić information content (AvgIpc) is 2.79. The van der Waals surface area contributed by atoms with Gasteiger partial charge in [-0.3, -0.25) is 9.36 Å². The maximum atomic E-state index is 12.3. The van der Waals surface area contributed by atoms with Crippen LogP contribution in [0.5, 0.6) is 0 Å². The number of aromatic nitrogens is 2. The molecule has 3 aromatic rings. The van der Waals surface area contributed by atoms with Crippen LogP contribution in [0.2, 0.25) is 5.02 Å². The van der Waals surface area contributed by atoms with E-state index in [0.717, 1.165) is 34.0 Å². The van der Waals surface area contributed by atoms with Crippen LogP contribution < -0.4 is 5.56 Å². The number of nitrogens with zero attached hydrogens (tertiary/aromatic N) is 2. The number of aryl methyl sites for hydroxylation is 2. The van der Waals surface area contributed by atoms with Gasteiger partial charge in [-0.05, 0) is 45.0 Å². The second kappa shape index (κ2) is 5.46. The summed E-state index contributed by atoms with van der Waals surface area (Å²) in [6.07, 6.45) is 0. The Hall–Kier alpha value is -2.33. The summed E-state index contributed by atoms with van der Waals surface area (Å²) in [5.41, 5.74) is 4.11. The lowest BCUT2D eigenvalue weighted by Gasteiger charge is -2.14. The van der Waals surface area contributed by atoms with E-state index in [1.54, 1.807) is 22.8 Å². The van der Waals surface area contributed by atoms with Crippen LogP contribution in [0.15, 0.2) is 45.7 Å². The summed E-state index contributed by atoms with van der Waals surface area (Å²) in [6.45, 7) is 5.66. The van der Waals surface area contributed by atoms with Crippen molar-refractivity contribution in [1.82, 2.24) is 9.72 Å². The SMILES string of the molecule is Cc1noc(C)c1-c1ccc(=O)n(-c2cccc(Cl)c2)c1C. The van der Waals surface area contributed by atoms with Crippen LogP contribution >= 0.6 is 11.6 Å². The molecule has 0 fully saturated rings. The minimum absolute atomic E-state index is 0.102. The van der Waals surface area contributed by atoms with Gasteiger partial charge >= 0.3 is 0 Å². The summed E-state index contributed by atoms with van der Waals surface area (Å²) in [6, 6.07) is 10.6. The van der Waals surface area contributed by atoms with Gasteiger partial charge in [-0.2, -0.15) is 0 Å². The van der Waals surface area contributed by atoms with Crippen molar-refractivity contribution in [3.63, 3.8) is 0 Å². The molecule has 0 atom stereocenters. The van der Waals surface area contributed by atoms with Crippen molar-refractivity contribution in [3.05, 3.63) is 68.9 Å². The van der Waals surface area contributed by atoms with Gasteiger partial charge in [0.05, 0.1) is 11.4 Å². The Morgan fingerprint density at radius 2 is 1.91 bits per heavy atom. The van der Waals surface area contributed by atoms with Crippen LogP contribution in [0.4, 0.5) is 0 Å². The first kappa shape index (κ1) is 14.6. The number of halogens is 1. The number of hydrogen-bond donors (Lipinski definition) is 0. The molecule has 5 heteroatoms. The van der Waals surface area contributed by atoms with Gasteiger partial charge in [0.25, 0.3) is 5.56 Å². The standard InChI is InChI=1S/C17H15ClN2O2/c1-10-17(12(3)22-19-10)15-7-8-16(21)20(11(15)2)14-6-4-5-13(18)9-14/h4-9H,1-3H3. The van der Waals surface area contributed by atoms with Gasteiger partial charge in [-0.15, -0.1) is 0 Å². The third-order valence-electron chi connectivity index (χ3n) is 3.71. The lowest BCUT2D eigenvalue weighted by Crippen LogP contribution is -2.20. The lowest BCUT2D eigenvalue weighted by atomic mass is 10.0. The van der Waals surface area contributed by atoms with Crippen LogP contribution in [0.1, 0.15) is 17.1 Å². The van der Waals surface area contributed by atoms with Gasteiger partial charge in [0.2, 0.25) is 0 Å². The molecule has 0 bridgehead atoms. The number of hydrogen-bond acceptors (Lipinski definition) is 3. The molecule has 2 heterocycles. The molecule has 2 aromatic heterocycles. The Balaban J connectivity index is 2.30. The van der Waals surface area contributed by atoms with E-state index >= 15 is 0 Å². The zero-order valence-electron chi connectivity index (χ0n) is 12.6. The molecular weight excluding hydrogens is 300 g/mol. The van der Waals surface area contributed by atoms with E-state index in [0.29, 0.717) is 5.02 Å². The Morgan fingerprint density at radius 1 is 1.14 bits per heavy atom. The highest BCUT2D eigenvalue weighted by atomic mass is 35.5. The largest absolute Gasteiger partial charge is 0.361 e. The van der Waals surface area contributed by atoms with E-state index in [-0.39, 0.29) is 5.56 Å². The molecule has 0 saturated carbocycles. The highest BCUT2D eigenvalue weighted by Crippen LogP contribution is 2.29. The van der Waals surface area contributed by atoms with Crippen molar-refractivity contribution in [2.75, 3.05) is 0 Å². The summed E-state index contributed by atoms with van der Waals surface area (Å²) in [7, 11) is 0. The van der Waals surface area contributed by atoms with Gasteiger partial charge in [-0.25, -0.2) is 0 Å². The van der Waals surface area contributed by atoms with Crippen LogP contribution in [0, 0.1) is 20.8 Å². The monoisotopic (exact) mass is 314 g/mol. The maximum Gasteiger partial charge on any atom is 0.255 e. The third-order valence-corrected chi connectivity index (χ3v) is 3.94. The van der Waals surface area contributed by atoms with Crippen molar-refractivity contribution in [3.8, 4) is 16.8 Å². The van der Waals surface area contributed by atoms with Crippen LogP contribution in [-0.2, 0) is 0 Å². The molecule has 0 N–H and O–H groups in total. The third kappa shape index (κ3) is 2.35. The first-order valence-corrected chi connectivity index (χ1v) is 7.28. The molecule has 0 aliphatic carbocycles. The van der Waals surface area contributed by atoms with Crippen molar-refractivity contribution in [2.45, 2.75) is 20.8 Å². The van der Waals surface area contributed by atoms with Crippen molar-refractivity contribution < 1.29 is 4.52 Å². The summed E-state index contributed by atoms with van der Waals surface area (Å²) in [5, 5.41) is 4.58. The Labute approximate surface area is 133 Å². The summed E-state index contributed by atoms with van der Waals surface area (Å²) in [5.74, 6) is 0.733. The molecule has 0 spiro atoms. The van der Waals surface area contributed by atoms with Crippen molar-refractivity contribution in [1.29, 1.82) is 0 Å². The minimum Gasteiger partial charge on any atom is -0.361 e. The van der Waals surface area contributed by atoms with Crippen LogP contribution in [0.3, 0.4) is 0 Å². The predicted octanol–water partition coefficient (Wildman–Crippen LogP) is 4.07. The molecule has 0 amide bonds. The first-order valence-electron chi connectivity index (χ1n) is 6.91. The first-order chi connectivity index (χ1) is 10.5. The summed E-state index contributed by atoms with van der Waals surface area (Å²) < 4.78 is 6.89. The van der Waals surface area contributed by atoms with Crippen LogP contribution in [0.25, 0.3) is 16.8 Å². The fraction of sp³-hybridized carbons (Fsp3) is 0.176. The quantitative estimate of drug-likeness (QED) is 0.716. The normalized spacial score (nSPS) is 10.9. The minimum atomic E-state index is -0.102. The summed E-state index contributed by atoms with van der Waals surface area (Å²) in [4.78, 5) is 12.3. The fourth-order valence-corrected chi connectivity index (χ4v) is 2.89. The Kier molecular flexibility index (Phi) is 3.62. The molecule has 112 valence electrons. The number of benzene rings is 1. The second-order valence-electron chi connectivity index (χ2n) is 5.19. The van der Waals surface area contributed by atoms with Gasteiger partial charge in [0.1, 0.15) is 5.76 Å².